The van der Waals surface area contributed by atoms with Gasteiger partial charge in [0.1, 0.15) is 23.4 Å². The zero-order valence-corrected chi connectivity index (χ0v) is 19.8. The van der Waals surface area contributed by atoms with Gasteiger partial charge in [0.05, 0.1) is 25.5 Å². The minimum Gasteiger partial charge on any atom is -0.494 e. The highest BCUT2D eigenvalue weighted by atomic mass is 32.2. The molecule has 8 heteroatoms. The smallest absolute Gasteiger partial charge is 0.159 e. The number of hydrogen-bond donors (Lipinski definition) is 1. The molecule has 1 atom stereocenters. The van der Waals surface area contributed by atoms with Gasteiger partial charge < -0.3 is 10.1 Å². The standard InChI is InChI=1S/C24H28FN5OS/c1-6-8-15(3)32-21(9-7-2)16(4)30-24-19-10-17(23-26-12-18(25)13-27-23)11-20(31-5)22(19)28-14-29-24/h8-14,16H,6-7H2,1-5H3,(H,28,29,30)/b15-8-,21-9+. The third-order valence-electron chi connectivity index (χ3n) is 4.76. The number of halogens is 1. The van der Waals surface area contributed by atoms with Gasteiger partial charge in [0.2, 0.25) is 0 Å². The molecule has 168 valence electrons. The third kappa shape index (κ3) is 5.62. The highest BCUT2D eigenvalue weighted by molar-refractivity contribution is 8.06. The van der Waals surface area contributed by atoms with Gasteiger partial charge in [0.25, 0.3) is 0 Å². The number of thioether (sulfide) groups is 1. The second-order valence-corrected chi connectivity index (χ2v) is 8.55. The minimum absolute atomic E-state index is 0.0370. The van der Waals surface area contributed by atoms with Gasteiger partial charge in [0.15, 0.2) is 11.6 Å². The molecule has 0 saturated carbocycles. The Balaban J connectivity index is 2.02. The van der Waals surface area contributed by atoms with E-state index in [1.54, 1.807) is 24.9 Å². The molecule has 0 aliphatic carbocycles. The van der Waals surface area contributed by atoms with Crippen molar-refractivity contribution in [1.29, 1.82) is 0 Å². The Labute approximate surface area is 192 Å². The summed E-state index contributed by atoms with van der Waals surface area (Å²) < 4.78 is 18.9. The average molecular weight is 454 g/mol. The molecule has 3 aromatic rings. The van der Waals surface area contributed by atoms with Crippen LogP contribution in [0.4, 0.5) is 10.2 Å². The van der Waals surface area contributed by atoms with Crippen LogP contribution in [0.5, 0.6) is 5.75 Å². The monoisotopic (exact) mass is 453 g/mol. The molecule has 0 amide bonds. The first kappa shape index (κ1) is 23.7. The third-order valence-corrected chi connectivity index (χ3v) is 6.00. The number of anilines is 1. The number of ether oxygens (including phenoxy) is 1. The fourth-order valence-electron chi connectivity index (χ4n) is 3.30. The summed E-state index contributed by atoms with van der Waals surface area (Å²) in [5, 5.41) is 4.31. The Kier molecular flexibility index (Phi) is 8.16. The van der Waals surface area contributed by atoms with E-state index in [2.05, 4.69) is 65.1 Å². The lowest BCUT2D eigenvalue weighted by Crippen LogP contribution is -2.18. The summed E-state index contributed by atoms with van der Waals surface area (Å²) in [6.45, 7) is 8.51. The van der Waals surface area contributed by atoms with E-state index in [9.17, 15) is 4.39 Å². The van der Waals surface area contributed by atoms with Crippen molar-refractivity contribution in [2.45, 2.75) is 46.6 Å². The quantitative estimate of drug-likeness (QED) is 0.403. The predicted molar refractivity (Wildman–Crippen MR) is 130 cm³/mol. The second kappa shape index (κ2) is 11.0. The first-order chi connectivity index (χ1) is 15.5. The van der Waals surface area contributed by atoms with Crippen molar-refractivity contribution < 1.29 is 9.13 Å². The van der Waals surface area contributed by atoms with Gasteiger partial charge in [-0.1, -0.05) is 37.8 Å². The van der Waals surface area contributed by atoms with Crippen LogP contribution in [0.2, 0.25) is 0 Å². The first-order valence-electron chi connectivity index (χ1n) is 10.6. The van der Waals surface area contributed by atoms with Crippen LogP contribution in [0, 0.1) is 5.82 Å². The number of nitrogens with zero attached hydrogens (tertiary/aromatic N) is 4. The number of nitrogens with one attached hydrogen (secondary N) is 1. The van der Waals surface area contributed by atoms with Crippen LogP contribution in [0.1, 0.15) is 40.5 Å². The highest BCUT2D eigenvalue weighted by Gasteiger charge is 2.16. The van der Waals surface area contributed by atoms with Gasteiger partial charge in [-0.2, -0.15) is 0 Å². The number of allylic oxidation sites excluding steroid dienone is 3. The van der Waals surface area contributed by atoms with Crippen molar-refractivity contribution in [3.8, 4) is 17.1 Å². The van der Waals surface area contributed by atoms with Crippen molar-refractivity contribution in [1.82, 2.24) is 19.9 Å². The zero-order valence-electron chi connectivity index (χ0n) is 19.0. The molecule has 2 heterocycles. The van der Waals surface area contributed by atoms with Crippen LogP contribution >= 0.6 is 11.8 Å². The summed E-state index contributed by atoms with van der Waals surface area (Å²) in [5.41, 5.74) is 1.37. The largest absolute Gasteiger partial charge is 0.494 e. The molecule has 0 aliphatic heterocycles. The van der Waals surface area contributed by atoms with Gasteiger partial charge in [-0.3, -0.25) is 0 Å². The normalized spacial score (nSPS) is 13.3. The molecule has 0 spiro atoms. The van der Waals surface area contributed by atoms with Crippen LogP contribution in [0.25, 0.3) is 22.3 Å². The molecular weight excluding hydrogens is 425 g/mol. The predicted octanol–water partition coefficient (Wildman–Crippen LogP) is 6.38. The van der Waals surface area contributed by atoms with E-state index >= 15 is 0 Å². The van der Waals surface area contributed by atoms with Crippen molar-refractivity contribution in [3.63, 3.8) is 0 Å². The number of hydrogen-bond acceptors (Lipinski definition) is 7. The summed E-state index contributed by atoms with van der Waals surface area (Å²) in [5.74, 6) is 1.17. The maximum Gasteiger partial charge on any atom is 0.159 e. The van der Waals surface area contributed by atoms with Crippen molar-refractivity contribution >= 4 is 28.5 Å². The number of benzene rings is 1. The summed E-state index contributed by atoms with van der Waals surface area (Å²) in [7, 11) is 1.59. The van der Waals surface area contributed by atoms with Crippen LogP contribution in [-0.4, -0.2) is 33.1 Å². The summed E-state index contributed by atoms with van der Waals surface area (Å²) >= 11 is 1.77. The number of fused-ring (bicyclic) bond motifs is 1. The van der Waals surface area contributed by atoms with Crippen LogP contribution in [0.3, 0.4) is 0 Å². The lowest BCUT2D eigenvalue weighted by atomic mass is 10.1. The van der Waals surface area contributed by atoms with E-state index < -0.39 is 5.82 Å². The molecule has 32 heavy (non-hydrogen) atoms. The molecule has 0 saturated heterocycles. The number of rotatable bonds is 9. The van der Waals surface area contributed by atoms with Gasteiger partial charge in [-0.15, -0.1) is 0 Å². The van der Waals surface area contributed by atoms with Crippen LogP contribution in [-0.2, 0) is 0 Å². The maximum absolute atomic E-state index is 13.3. The maximum atomic E-state index is 13.3. The second-order valence-electron chi connectivity index (χ2n) is 7.23. The van der Waals surface area contributed by atoms with E-state index in [4.69, 9.17) is 4.74 Å². The van der Waals surface area contributed by atoms with Gasteiger partial charge in [-0.05, 0) is 43.7 Å². The number of aromatic nitrogens is 4. The van der Waals surface area contributed by atoms with E-state index in [-0.39, 0.29) is 6.04 Å². The molecule has 0 aliphatic rings. The molecule has 6 nitrogen and oxygen atoms in total. The highest BCUT2D eigenvalue weighted by Crippen LogP contribution is 2.35. The molecule has 0 bridgehead atoms. The first-order valence-corrected chi connectivity index (χ1v) is 11.4. The van der Waals surface area contributed by atoms with Crippen molar-refractivity contribution in [2.75, 3.05) is 12.4 Å². The van der Waals surface area contributed by atoms with E-state index in [0.29, 0.717) is 28.5 Å². The lowest BCUT2D eigenvalue weighted by molar-refractivity contribution is 0.419. The molecule has 1 unspecified atom stereocenters. The summed E-state index contributed by atoms with van der Waals surface area (Å²) in [6, 6.07) is 3.74. The van der Waals surface area contributed by atoms with E-state index in [1.165, 1.54) is 16.1 Å². The van der Waals surface area contributed by atoms with E-state index in [0.717, 1.165) is 30.6 Å². The lowest BCUT2D eigenvalue weighted by Gasteiger charge is -2.20. The molecule has 2 aromatic heterocycles. The molecular formula is C24H28FN5OS. The minimum atomic E-state index is -0.485. The zero-order chi connectivity index (χ0) is 23.1. The SMILES string of the molecule is CC/C=C(/C)S/C(=C/CC)C(C)Nc1ncnc2c(OC)cc(-c3ncc(F)cn3)cc12. The average Bonchev–Trinajstić information content (AvgIpc) is 2.79. The topological polar surface area (TPSA) is 72.8 Å². The summed E-state index contributed by atoms with van der Waals surface area (Å²) in [4.78, 5) is 19.6. The molecule has 3 rings (SSSR count). The summed E-state index contributed by atoms with van der Waals surface area (Å²) in [6.07, 6.45) is 10.2. The molecule has 0 fully saturated rings. The Bertz CT molecular complexity index is 1130. The number of methoxy groups -OCH3 is 1. The van der Waals surface area contributed by atoms with Crippen molar-refractivity contribution in [2.24, 2.45) is 0 Å². The van der Waals surface area contributed by atoms with Crippen LogP contribution < -0.4 is 10.1 Å². The Hall–Kier alpha value is -3.00. The van der Waals surface area contributed by atoms with Crippen LogP contribution in [0.15, 0.2) is 52.8 Å². The van der Waals surface area contributed by atoms with Gasteiger partial charge in [0, 0.05) is 15.9 Å². The Morgan fingerprint density at radius 3 is 2.50 bits per heavy atom. The van der Waals surface area contributed by atoms with Gasteiger partial charge >= 0.3 is 0 Å². The Morgan fingerprint density at radius 2 is 1.84 bits per heavy atom. The molecule has 0 radical (unpaired) electrons. The fraction of sp³-hybridized carbons (Fsp3) is 0.333. The van der Waals surface area contributed by atoms with E-state index in [1.807, 2.05) is 6.07 Å². The molecule has 1 N–H and O–H groups in total. The van der Waals surface area contributed by atoms with Crippen molar-refractivity contribution in [3.05, 3.63) is 58.6 Å². The molecule has 1 aromatic carbocycles. The van der Waals surface area contributed by atoms with Gasteiger partial charge in [-0.25, -0.2) is 24.3 Å². The Morgan fingerprint density at radius 1 is 1.12 bits per heavy atom. The fourth-order valence-corrected chi connectivity index (χ4v) is 4.40.